The molecule has 0 aliphatic heterocycles. The molecule has 4 heteroatoms. The second-order valence-electron chi connectivity index (χ2n) is 7.02. The molecule has 4 nitrogen and oxygen atoms in total. The number of hydrogen-bond donors (Lipinski definition) is 2. The largest absolute Gasteiger partial charge is 0.481 e. The predicted molar refractivity (Wildman–Crippen MR) is 75.0 cm³/mol. The van der Waals surface area contributed by atoms with Crippen molar-refractivity contribution in [1.82, 2.24) is 5.32 Å². The average molecular weight is 279 g/mol. The van der Waals surface area contributed by atoms with Crippen molar-refractivity contribution < 1.29 is 14.7 Å². The van der Waals surface area contributed by atoms with Crippen LogP contribution in [0, 0.1) is 29.6 Å². The highest BCUT2D eigenvalue weighted by Crippen LogP contribution is 2.48. The molecule has 3 fully saturated rings. The number of hydrogen-bond acceptors (Lipinski definition) is 2. The minimum absolute atomic E-state index is 0.0140. The van der Waals surface area contributed by atoms with E-state index in [4.69, 9.17) is 0 Å². The summed E-state index contributed by atoms with van der Waals surface area (Å²) in [6.45, 7) is 0.767. The number of amides is 1. The normalized spacial score (nSPS) is 39.7. The first-order valence-corrected chi connectivity index (χ1v) is 8.15. The number of carboxylic acid groups (broad SMARTS) is 1. The van der Waals surface area contributed by atoms with Crippen molar-refractivity contribution in [3.8, 4) is 0 Å². The van der Waals surface area contributed by atoms with E-state index < -0.39 is 11.9 Å². The Morgan fingerprint density at radius 1 is 1.00 bits per heavy atom. The lowest BCUT2D eigenvalue weighted by atomic mass is 9.78. The van der Waals surface area contributed by atoms with Crippen molar-refractivity contribution in [3.63, 3.8) is 0 Å². The number of fused-ring (bicyclic) bond motifs is 2. The summed E-state index contributed by atoms with van der Waals surface area (Å²) in [5.74, 6) is 0.753. The molecule has 0 spiro atoms. The standard InChI is InChI=1S/C16H25NO3/c18-15(13-3-1-2-4-14(13)16(19)20)17-9-12-8-10-5-6-11(12)7-10/h10-14H,1-9H2,(H,17,18)(H,19,20). The van der Waals surface area contributed by atoms with Gasteiger partial charge in [0.15, 0.2) is 0 Å². The van der Waals surface area contributed by atoms with Gasteiger partial charge in [-0.1, -0.05) is 19.3 Å². The number of aliphatic carboxylic acids is 1. The second kappa shape index (κ2) is 5.74. The van der Waals surface area contributed by atoms with E-state index >= 15 is 0 Å². The molecule has 5 unspecified atom stereocenters. The number of carboxylic acids is 1. The van der Waals surface area contributed by atoms with Crippen LogP contribution in [-0.2, 0) is 9.59 Å². The topological polar surface area (TPSA) is 66.4 Å². The van der Waals surface area contributed by atoms with Crippen LogP contribution in [0.4, 0.5) is 0 Å². The Balaban J connectivity index is 1.51. The summed E-state index contributed by atoms with van der Waals surface area (Å²) in [6.07, 6.45) is 8.62. The SMILES string of the molecule is O=C(O)C1CCCCC1C(=O)NCC1CC2CCC1C2. The van der Waals surface area contributed by atoms with Crippen molar-refractivity contribution in [2.45, 2.75) is 51.4 Å². The zero-order valence-electron chi connectivity index (χ0n) is 12.0. The van der Waals surface area contributed by atoms with Gasteiger partial charge in [-0.05, 0) is 49.9 Å². The van der Waals surface area contributed by atoms with Crippen LogP contribution in [0.5, 0.6) is 0 Å². The van der Waals surface area contributed by atoms with Crippen LogP contribution in [0.25, 0.3) is 0 Å². The number of nitrogens with one attached hydrogen (secondary N) is 1. The first kappa shape index (κ1) is 13.9. The minimum atomic E-state index is -0.801. The molecule has 0 aromatic rings. The molecule has 0 aromatic heterocycles. The van der Waals surface area contributed by atoms with Crippen LogP contribution in [-0.4, -0.2) is 23.5 Å². The lowest BCUT2D eigenvalue weighted by Crippen LogP contribution is -2.41. The fraction of sp³-hybridized carbons (Fsp3) is 0.875. The van der Waals surface area contributed by atoms with Crippen LogP contribution in [0.1, 0.15) is 51.4 Å². The van der Waals surface area contributed by atoms with Crippen LogP contribution >= 0.6 is 0 Å². The van der Waals surface area contributed by atoms with E-state index in [1.165, 1.54) is 25.7 Å². The summed E-state index contributed by atoms with van der Waals surface area (Å²) in [5, 5.41) is 12.3. The highest BCUT2D eigenvalue weighted by Gasteiger charge is 2.40. The van der Waals surface area contributed by atoms with E-state index in [0.717, 1.165) is 37.6 Å². The molecule has 20 heavy (non-hydrogen) atoms. The first-order valence-electron chi connectivity index (χ1n) is 8.15. The zero-order valence-corrected chi connectivity index (χ0v) is 12.0. The third kappa shape index (κ3) is 2.70. The Bertz CT molecular complexity index is 395. The Labute approximate surface area is 120 Å². The zero-order chi connectivity index (χ0) is 14.1. The van der Waals surface area contributed by atoms with Crippen molar-refractivity contribution in [3.05, 3.63) is 0 Å². The van der Waals surface area contributed by atoms with Gasteiger partial charge >= 0.3 is 5.97 Å². The molecule has 0 heterocycles. The smallest absolute Gasteiger partial charge is 0.307 e. The molecule has 3 aliphatic carbocycles. The number of carbonyl (C=O) groups excluding carboxylic acids is 1. The van der Waals surface area contributed by atoms with E-state index in [0.29, 0.717) is 12.3 Å². The van der Waals surface area contributed by atoms with Crippen LogP contribution < -0.4 is 5.32 Å². The molecule has 2 N–H and O–H groups in total. The van der Waals surface area contributed by atoms with E-state index in [2.05, 4.69) is 5.32 Å². The maximum Gasteiger partial charge on any atom is 0.307 e. The highest BCUT2D eigenvalue weighted by molar-refractivity contribution is 5.84. The van der Waals surface area contributed by atoms with Gasteiger partial charge in [-0.25, -0.2) is 0 Å². The van der Waals surface area contributed by atoms with Gasteiger partial charge in [0.05, 0.1) is 11.8 Å². The number of rotatable bonds is 4. The highest BCUT2D eigenvalue weighted by atomic mass is 16.4. The van der Waals surface area contributed by atoms with Crippen molar-refractivity contribution in [1.29, 1.82) is 0 Å². The average Bonchev–Trinajstić information content (AvgIpc) is 3.07. The molecule has 0 aromatic carbocycles. The molecular formula is C16H25NO3. The summed E-state index contributed by atoms with van der Waals surface area (Å²) >= 11 is 0. The number of carbonyl (C=O) groups is 2. The van der Waals surface area contributed by atoms with Crippen LogP contribution in [0.3, 0.4) is 0 Å². The van der Waals surface area contributed by atoms with Gasteiger partial charge in [-0.15, -0.1) is 0 Å². The van der Waals surface area contributed by atoms with Gasteiger partial charge in [0.1, 0.15) is 0 Å². The summed E-state index contributed by atoms with van der Waals surface area (Å²) < 4.78 is 0. The first-order chi connectivity index (χ1) is 9.65. The third-order valence-corrected chi connectivity index (χ3v) is 5.84. The fourth-order valence-electron chi connectivity index (χ4n) is 4.73. The molecule has 5 atom stereocenters. The molecule has 2 bridgehead atoms. The van der Waals surface area contributed by atoms with Gasteiger partial charge in [-0.2, -0.15) is 0 Å². The van der Waals surface area contributed by atoms with Crippen LogP contribution in [0.2, 0.25) is 0 Å². The van der Waals surface area contributed by atoms with Crippen LogP contribution in [0.15, 0.2) is 0 Å². The minimum Gasteiger partial charge on any atom is -0.481 e. The predicted octanol–water partition coefficient (Wildman–Crippen LogP) is 2.43. The Hall–Kier alpha value is -1.06. The summed E-state index contributed by atoms with van der Waals surface area (Å²) in [7, 11) is 0. The van der Waals surface area contributed by atoms with E-state index in [1.54, 1.807) is 0 Å². The molecule has 0 radical (unpaired) electrons. The second-order valence-corrected chi connectivity index (χ2v) is 7.02. The lowest BCUT2D eigenvalue weighted by molar-refractivity contribution is -0.149. The monoisotopic (exact) mass is 279 g/mol. The van der Waals surface area contributed by atoms with Gasteiger partial charge in [0.25, 0.3) is 0 Å². The maximum absolute atomic E-state index is 12.3. The Morgan fingerprint density at radius 3 is 2.35 bits per heavy atom. The third-order valence-electron chi connectivity index (χ3n) is 5.84. The van der Waals surface area contributed by atoms with Crippen molar-refractivity contribution >= 4 is 11.9 Å². The van der Waals surface area contributed by atoms with Gasteiger partial charge in [0.2, 0.25) is 5.91 Å². The van der Waals surface area contributed by atoms with Gasteiger partial charge < -0.3 is 10.4 Å². The molecule has 3 rings (SSSR count). The van der Waals surface area contributed by atoms with Gasteiger partial charge in [-0.3, -0.25) is 9.59 Å². The fourth-order valence-corrected chi connectivity index (χ4v) is 4.73. The van der Waals surface area contributed by atoms with E-state index in [9.17, 15) is 14.7 Å². The quantitative estimate of drug-likeness (QED) is 0.830. The summed E-state index contributed by atoms with van der Waals surface area (Å²) in [4.78, 5) is 23.6. The van der Waals surface area contributed by atoms with E-state index in [-0.39, 0.29) is 11.8 Å². The molecule has 112 valence electrons. The summed E-state index contributed by atoms with van der Waals surface area (Å²) in [6, 6.07) is 0. The molecule has 0 saturated heterocycles. The molecular weight excluding hydrogens is 254 g/mol. The van der Waals surface area contributed by atoms with Crippen molar-refractivity contribution in [2.24, 2.45) is 29.6 Å². The maximum atomic E-state index is 12.3. The molecule has 1 amide bonds. The molecule has 3 aliphatic rings. The lowest BCUT2D eigenvalue weighted by Gasteiger charge is -2.29. The van der Waals surface area contributed by atoms with Crippen molar-refractivity contribution in [2.75, 3.05) is 6.54 Å². The Kier molecular flexibility index (Phi) is 3.99. The Morgan fingerprint density at radius 2 is 1.75 bits per heavy atom. The molecule has 3 saturated carbocycles. The van der Waals surface area contributed by atoms with Gasteiger partial charge in [0, 0.05) is 6.54 Å². The van der Waals surface area contributed by atoms with E-state index in [1.807, 2.05) is 0 Å². The summed E-state index contributed by atoms with van der Waals surface area (Å²) in [5.41, 5.74) is 0.